The Labute approximate surface area is 183 Å². The molecule has 164 valence electrons. The Hall–Kier alpha value is -3.59. The van der Waals surface area contributed by atoms with E-state index >= 15 is 0 Å². The molecule has 0 bridgehead atoms. The summed E-state index contributed by atoms with van der Waals surface area (Å²) in [6.07, 6.45) is 1.07. The summed E-state index contributed by atoms with van der Waals surface area (Å²) in [6.45, 7) is -1.05. The molecule has 0 aliphatic heterocycles. The molecule has 0 fully saturated rings. The van der Waals surface area contributed by atoms with Crippen LogP contribution < -0.4 is 5.32 Å². The number of fused-ring (bicyclic) bond motifs is 1. The fourth-order valence-electron chi connectivity index (χ4n) is 3.42. The minimum absolute atomic E-state index is 0.0505. The Bertz CT molecular complexity index is 1430. The second kappa shape index (κ2) is 8.16. The summed E-state index contributed by atoms with van der Waals surface area (Å²) < 4.78 is 51.8. The maximum atomic E-state index is 13.7. The minimum Gasteiger partial charge on any atom is -0.322 e. The van der Waals surface area contributed by atoms with E-state index in [1.807, 2.05) is 0 Å². The van der Waals surface area contributed by atoms with Gasteiger partial charge in [-0.15, -0.1) is 0 Å². The van der Waals surface area contributed by atoms with Crippen LogP contribution in [0.3, 0.4) is 0 Å². The third-order valence-corrected chi connectivity index (χ3v) is 6.18. The maximum Gasteiger partial charge on any atom is 0.320 e. The van der Waals surface area contributed by atoms with Crippen molar-refractivity contribution in [2.75, 3.05) is 11.6 Å². The highest BCUT2D eigenvalue weighted by Crippen LogP contribution is 2.30. The number of nitrogens with one attached hydrogen (secondary N) is 1. The first kappa shape index (κ1) is 21.6. The van der Waals surface area contributed by atoms with E-state index in [2.05, 4.69) is 10.3 Å². The second-order valence-corrected chi connectivity index (χ2v) is 9.37. The van der Waals surface area contributed by atoms with Crippen LogP contribution in [0.15, 0.2) is 71.6 Å². The fraction of sp³-hybridized carbons (Fsp3) is 0.130. The average Bonchev–Trinajstić information content (AvgIpc) is 3.13. The molecule has 4 rings (SSSR count). The zero-order chi connectivity index (χ0) is 23.0. The van der Waals surface area contributed by atoms with Crippen molar-refractivity contribution in [1.29, 1.82) is 0 Å². The SMILES string of the molecule is Cc1ccc(S(C)(=O)=O)cc1C(=O)Nc1ccc(-c2nc3ccccc3n2C(F)F)cc1. The lowest BCUT2D eigenvalue weighted by atomic mass is 10.1. The Morgan fingerprint density at radius 1 is 1.03 bits per heavy atom. The first-order chi connectivity index (χ1) is 15.1. The third kappa shape index (κ3) is 4.11. The molecule has 1 heterocycles. The van der Waals surface area contributed by atoms with Crippen molar-refractivity contribution in [2.24, 2.45) is 0 Å². The van der Waals surface area contributed by atoms with Gasteiger partial charge < -0.3 is 5.32 Å². The number of benzene rings is 3. The van der Waals surface area contributed by atoms with Gasteiger partial charge in [0.15, 0.2) is 9.84 Å². The number of anilines is 1. The number of halogens is 2. The summed E-state index contributed by atoms with van der Waals surface area (Å²) in [7, 11) is -3.46. The van der Waals surface area contributed by atoms with E-state index in [1.54, 1.807) is 61.5 Å². The zero-order valence-corrected chi connectivity index (χ0v) is 18.0. The number of imidazole rings is 1. The molecule has 32 heavy (non-hydrogen) atoms. The molecule has 0 radical (unpaired) electrons. The van der Waals surface area contributed by atoms with E-state index in [0.29, 0.717) is 27.8 Å². The highest BCUT2D eigenvalue weighted by Gasteiger charge is 2.19. The third-order valence-electron chi connectivity index (χ3n) is 5.07. The van der Waals surface area contributed by atoms with Gasteiger partial charge in [-0.3, -0.25) is 9.36 Å². The van der Waals surface area contributed by atoms with Crippen LogP contribution in [-0.4, -0.2) is 30.1 Å². The summed E-state index contributed by atoms with van der Waals surface area (Å²) in [5.41, 5.74) is 2.54. The van der Waals surface area contributed by atoms with Crippen LogP contribution in [0.4, 0.5) is 14.5 Å². The van der Waals surface area contributed by atoms with Gasteiger partial charge in [0.25, 0.3) is 5.91 Å². The van der Waals surface area contributed by atoms with Crippen molar-refractivity contribution in [2.45, 2.75) is 18.4 Å². The molecule has 9 heteroatoms. The van der Waals surface area contributed by atoms with E-state index in [-0.39, 0.29) is 16.3 Å². The zero-order valence-electron chi connectivity index (χ0n) is 17.2. The van der Waals surface area contributed by atoms with Crippen molar-refractivity contribution in [1.82, 2.24) is 9.55 Å². The molecule has 0 unspecified atom stereocenters. The summed E-state index contributed by atoms with van der Waals surface area (Å²) >= 11 is 0. The number of alkyl halides is 2. The minimum atomic E-state index is -3.46. The highest BCUT2D eigenvalue weighted by molar-refractivity contribution is 7.90. The number of para-hydroxylation sites is 2. The van der Waals surface area contributed by atoms with Crippen molar-refractivity contribution in [3.8, 4) is 11.4 Å². The summed E-state index contributed by atoms with van der Waals surface area (Å²) in [5, 5.41) is 2.71. The topological polar surface area (TPSA) is 81.1 Å². The number of sulfone groups is 1. The largest absolute Gasteiger partial charge is 0.322 e. The number of hydrogen-bond donors (Lipinski definition) is 1. The number of carbonyl (C=O) groups excluding carboxylic acids is 1. The first-order valence-electron chi connectivity index (χ1n) is 9.63. The van der Waals surface area contributed by atoms with Crippen LogP contribution in [0.25, 0.3) is 22.4 Å². The monoisotopic (exact) mass is 455 g/mol. The van der Waals surface area contributed by atoms with E-state index in [1.165, 1.54) is 12.1 Å². The predicted molar refractivity (Wildman–Crippen MR) is 119 cm³/mol. The Morgan fingerprint density at radius 2 is 1.72 bits per heavy atom. The van der Waals surface area contributed by atoms with E-state index in [4.69, 9.17) is 0 Å². The van der Waals surface area contributed by atoms with Crippen LogP contribution in [-0.2, 0) is 9.84 Å². The summed E-state index contributed by atoms with van der Waals surface area (Å²) in [4.78, 5) is 17.1. The lowest BCUT2D eigenvalue weighted by Crippen LogP contribution is -2.14. The van der Waals surface area contributed by atoms with Crippen LogP contribution >= 0.6 is 0 Å². The second-order valence-electron chi connectivity index (χ2n) is 7.35. The molecule has 0 saturated heterocycles. The Kier molecular flexibility index (Phi) is 5.52. The summed E-state index contributed by atoms with van der Waals surface area (Å²) in [6, 6.07) is 17.4. The predicted octanol–water partition coefficient (Wildman–Crippen LogP) is 5.06. The van der Waals surface area contributed by atoms with Crippen LogP contribution in [0.2, 0.25) is 0 Å². The molecular weight excluding hydrogens is 436 g/mol. The Balaban J connectivity index is 1.63. The maximum absolute atomic E-state index is 13.7. The molecule has 0 spiro atoms. The van der Waals surface area contributed by atoms with E-state index in [9.17, 15) is 22.0 Å². The molecule has 1 N–H and O–H groups in total. The van der Waals surface area contributed by atoms with E-state index in [0.717, 1.165) is 10.8 Å². The normalized spacial score (nSPS) is 11.8. The molecule has 1 amide bonds. The first-order valence-corrected chi connectivity index (χ1v) is 11.5. The summed E-state index contributed by atoms with van der Waals surface area (Å²) in [5.74, 6) is -0.351. The molecule has 0 atom stereocenters. The van der Waals surface area contributed by atoms with Gasteiger partial charge >= 0.3 is 6.55 Å². The van der Waals surface area contributed by atoms with Crippen molar-refractivity contribution >= 4 is 32.5 Å². The van der Waals surface area contributed by atoms with Gasteiger partial charge in [-0.05, 0) is 61.0 Å². The molecule has 0 aliphatic carbocycles. The van der Waals surface area contributed by atoms with Gasteiger partial charge in [0, 0.05) is 23.1 Å². The molecule has 3 aromatic carbocycles. The number of carbonyl (C=O) groups is 1. The van der Waals surface area contributed by atoms with Crippen molar-refractivity contribution in [3.63, 3.8) is 0 Å². The molecule has 4 aromatic rings. The standard InChI is InChI=1S/C23H19F2N3O3S/c1-14-7-12-17(32(2,30)31)13-18(14)22(29)26-16-10-8-15(9-11-16)21-27-19-5-3-4-6-20(19)28(21)23(24)25/h3-13,23H,1-2H3,(H,26,29). The smallest absolute Gasteiger partial charge is 0.320 e. The van der Waals surface area contributed by atoms with Gasteiger partial charge in [-0.1, -0.05) is 18.2 Å². The number of nitrogens with zero attached hydrogens (tertiary/aromatic N) is 2. The lowest BCUT2D eigenvalue weighted by molar-refractivity contribution is 0.0764. The Morgan fingerprint density at radius 3 is 2.38 bits per heavy atom. The molecule has 1 aromatic heterocycles. The van der Waals surface area contributed by atoms with Crippen LogP contribution in [0, 0.1) is 6.92 Å². The highest BCUT2D eigenvalue weighted by atomic mass is 32.2. The molecular formula is C23H19F2N3O3S. The lowest BCUT2D eigenvalue weighted by Gasteiger charge is -2.11. The van der Waals surface area contributed by atoms with E-state index < -0.39 is 22.3 Å². The number of hydrogen-bond acceptors (Lipinski definition) is 4. The number of aromatic nitrogens is 2. The molecule has 0 aliphatic rings. The molecule has 0 saturated carbocycles. The van der Waals surface area contributed by atoms with Gasteiger partial charge in [0.2, 0.25) is 0 Å². The van der Waals surface area contributed by atoms with Crippen LogP contribution in [0.5, 0.6) is 0 Å². The van der Waals surface area contributed by atoms with Gasteiger partial charge in [-0.25, -0.2) is 13.4 Å². The number of amides is 1. The van der Waals surface area contributed by atoms with Crippen molar-refractivity contribution in [3.05, 3.63) is 77.9 Å². The number of aryl methyl sites for hydroxylation is 1. The van der Waals surface area contributed by atoms with Gasteiger partial charge in [0.05, 0.1) is 15.9 Å². The quantitative estimate of drug-likeness (QED) is 0.456. The average molecular weight is 455 g/mol. The van der Waals surface area contributed by atoms with Gasteiger partial charge in [0.1, 0.15) is 5.82 Å². The van der Waals surface area contributed by atoms with Crippen LogP contribution in [0.1, 0.15) is 22.5 Å². The fourth-order valence-corrected chi connectivity index (χ4v) is 4.07. The molecule has 6 nitrogen and oxygen atoms in total. The van der Waals surface area contributed by atoms with Gasteiger partial charge in [-0.2, -0.15) is 8.78 Å². The number of rotatable bonds is 5. The van der Waals surface area contributed by atoms with Crippen molar-refractivity contribution < 1.29 is 22.0 Å².